The Labute approximate surface area is 165 Å². The van der Waals surface area contributed by atoms with Gasteiger partial charge in [-0.05, 0) is 47.9 Å². The lowest BCUT2D eigenvalue weighted by Crippen LogP contribution is -2.26. The van der Waals surface area contributed by atoms with Crippen LogP contribution in [-0.2, 0) is 4.74 Å². The Balaban J connectivity index is 1.74. The largest absolute Gasteiger partial charge is 0.385 e. The van der Waals surface area contributed by atoms with Crippen molar-refractivity contribution in [1.29, 1.82) is 0 Å². The second-order valence-electron chi connectivity index (χ2n) is 6.81. The summed E-state index contributed by atoms with van der Waals surface area (Å²) in [6.45, 7) is 7.51. The van der Waals surface area contributed by atoms with Crippen LogP contribution in [0.15, 0.2) is 72.4 Å². The molecule has 0 aliphatic carbocycles. The monoisotopic (exact) mass is 382 g/mol. The first-order valence-electron chi connectivity index (χ1n) is 9.28. The quantitative estimate of drug-likeness (QED) is 0.652. The molecular formula is C22H27FN4O. The molecule has 148 valence electrons. The van der Waals surface area contributed by atoms with Crippen LogP contribution in [0.5, 0.6) is 0 Å². The van der Waals surface area contributed by atoms with Crippen molar-refractivity contribution in [3.8, 4) is 0 Å². The van der Waals surface area contributed by atoms with Gasteiger partial charge in [-0.2, -0.15) is 0 Å². The van der Waals surface area contributed by atoms with E-state index in [1.807, 2.05) is 13.2 Å². The summed E-state index contributed by atoms with van der Waals surface area (Å²) in [6, 6.07) is 6.30. The fourth-order valence-corrected chi connectivity index (χ4v) is 3.01. The van der Waals surface area contributed by atoms with Crippen LogP contribution in [-0.4, -0.2) is 33.6 Å². The molecule has 0 fully saturated rings. The molecule has 5 nitrogen and oxygen atoms in total. The highest BCUT2D eigenvalue weighted by molar-refractivity contribution is 5.81. The molecule has 1 aromatic carbocycles. The molecule has 28 heavy (non-hydrogen) atoms. The van der Waals surface area contributed by atoms with Crippen molar-refractivity contribution in [2.45, 2.75) is 6.92 Å². The zero-order chi connectivity index (χ0) is 19.9. The van der Waals surface area contributed by atoms with Gasteiger partial charge in [0.25, 0.3) is 0 Å². The third-order valence-electron chi connectivity index (χ3n) is 4.64. The van der Waals surface area contributed by atoms with Crippen LogP contribution in [0.4, 0.5) is 15.8 Å². The summed E-state index contributed by atoms with van der Waals surface area (Å²) in [4.78, 5) is 2.08. The van der Waals surface area contributed by atoms with Crippen LogP contribution in [0.3, 0.4) is 0 Å². The van der Waals surface area contributed by atoms with E-state index in [1.54, 1.807) is 19.1 Å². The molecule has 2 heterocycles. The van der Waals surface area contributed by atoms with E-state index in [9.17, 15) is 4.39 Å². The molecule has 3 N–H and O–H groups in total. The fraction of sp³-hybridized carbons (Fsp3) is 0.273. The molecule has 0 saturated carbocycles. The number of allylic oxidation sites excluding steroid dienone is 6. The van der Waals surface area contributed by atoms with E-state index in [0.29, 0.717) is 32.1 Å². The fourth-order valence-electron chi connectivity index (χ4n) is 3.01. The van der Waals surface area contributed by atoms with Crippen LogP contribution >= 0.6 is 0 Å². The summed E-state index contributed by atoms with van der Waals surface area (Å²) >= 11 is 0. The Hall–Kier alpha value is -2.99. The Morgan fingerprint density at radius 3 is 3.11 bits per heavy atom. The first-order chi connectivity index (χ1) is 13.6. The van der Waals surface area contributed by atoms with Crippen molar-refractivity contribution in [2.75, 3.05) is 43.8 Å². The Bertz CT molecular complexity index is 854. The lowest BCUT2D eigenvalue weighted by molar-refractivity contribution is 0.159. The van der Waals surface area contributed by atoms with Crippen LogP contribution in [0.25, 0.3) is 5.57 Å². The second kappa shape index (κ2) is 9.28. The smallest absolute Gasteiger partial charge is 0.123 e. The number of fused-ring (bicyclic) bond motifs is 1. The highest BCUT2D eigenvalue weighted by Gasteiger charge is 2.14. The molecule has 0 saturated heterocycles. The SMILES string of the molecule is C=C/C=C\C(F)=C(/C)CNC1=CC(c2ccc3c(c2)N(C)COCN3)=CNC1. The highest BCUT2D eigenvalue weighted by Crippen LogP contribution is 2.31. The molecule has 0 spiro atoms. The predicted molar refractivity (Wildman–Crippen MR) is 114 cm³/mol. The van der Waals surface area contributed by atoms with Gasteiger partial charge < -0.3 is 25.6 Å². The van der Waals surface area contributed by atoms with E-state index in [1.165, 1.54) is 6.08 Å². The van der Waals surface area contributed by atoms with Gasteiger partial charge >= 0.3 is 0 Å². The van der Waals surface area contributed by atoms with Crippen LogP contribution in [0.2, 0.25) is 0 Å². The predicted octanol–water partition coefficient (Wildman–Crippen LogP) is 3.88. The molecule has 0 bridgehead atoms. The molecule has 2 aliphatic rings. The summed E-state index contributed by atoms with van der Waals surface area (Å²) < 4.78 is 19.5. The van der Waals surface area contributed by atoms with Gasteiger partial charge in [0.2, 0.25) is 0 Å². The summed E-state index contributed by atoms with van der Waals surface area (Å²) in [5, 5.41) is 9.88. The minimum absolute atomic E-state index is 0.240. The number of dihydropyridines is 1. The Kier molecular flexibility index (Phi) is 6.55. The molecule has 3 rings (SSSR count). The minimum atomic E-state index is -0.240. The standard InChI is InChI=1S/C22H27FN4O/c1-4-5-6-20(23)16(2)11-25-19-9-18(12-24-13-19)17-7-8-21-22(10-17)27(3)15-28-14-26-21/h4-10,12,24-26H,1,11,13-15H2,2-3H3/b6-5-,20-16-. The van der Waals surface area contributed by atoms with Crippen molar-refractivity contribution >= 4 is 16.9 Å². The molecule has 1 aromatic rings. The van der Waals surface area contributed by atoms with Crippen molar-refractivity contribution < 1.29 is 9.13 Å². The van der Waals surface area contributed by atoms with Gasteiger partial charge in [-0.1, -0.05) is 24.8 Å². The van der Waals surface area contributed by atoms with E-state index < -0.39 is 0 Å². The summed E-state index contributed by atoms with van der Waals surface area (Å²) in [5.74, 6) is -0.240. The summed E-state index contributed by atoms with van der Waals surface area (Å²) in [5.41, 5.74) is 5.99. The van der Waals surface area contributed by atoms with Gasteiger partial charge in [-0.3, -0.25) is 0 Å². The van der Waals surface area contributed by atoms with E-state index in [0.717, 1.165) is 28.2 Å². The van der Waals surface area contributed by atoms with Crippen molar-refractivity contribution in [2.24, 2.45) is 0 Å². The number of anilines is 2. The van der Waals surface area contributed by atoms with Gasteiger partial charge in [0.05, 0.1) is 17.9 Å². The maximum absolute atomic E-state index is 13.9. The van der Waals surface area contributed by atoms with Crippen molar-refractivity contribution in [3.63, 3.8) is 0 Å². The topological polar surface area (TPSA) is 48.6 Å². The Morgan fingerprint density at radius 1 is 1.43 bits per heavy atom. The second-order valence-corrected chi connectivity index (χ2v) is 6.81. The molecule has 0 radical (unpaired) electrons. The number of nitrogens with zero attached hydrogens (tertiary/aromatic N) is 1. The van der Waals surface area contributed by atoms with Crippen LogP contribution in [0.1, 0.15) is 12.5 Å². The summed E-state index contributed by atoms with van der Waals surface area (Å²) in [7, 11) is 2.01. The zero-order valence-electron chi connectivity index (χ0n) is 16.4. The highest BCUT2D eigenvalue weighted by atomic mass is 19.1. The number of benzene rings is 1. The van der Waals surface area contributed by atoms with E-state index >= 15 is 0 Å². The maximum Gasteiger partial charge on any atom is 0.123 e. The first-order valence-corrected chi connectivity index (χ1v) is 9.28. The van der Waals surface area contributed by atoms with Gasteiger partial charge in [0.1, 0.15) is 19.3 Å². The number of hydrogen-bond acceptors (Lipinski definition) is 5. The molecule has 2 aliphatic heterocycles. The van der Waals surface area contributed by atoms with Gasteiger partial charge in [-0.15, -0.1) is 0 Å². The van der Waals surface area contributed by atoms with Crippen molar-refractivity contribution in [1.82, 2.24) is 10.6 Å². The molecule has 0 aromatic heterocycles. The van der Waals surface area contributed by atoms with E-state index in [2.05, 4.69) is 51.7 Å². The average Bonchev–Trinajstić information content (AvgIpc) is 2.91. The zero-order valence-corrected chi connectivity index (χ0v) is 16.4. The summed E-state index contributed by atoms with van der Waals surface area (Å²) in [6.07, 6.45) is 8.68. The Morgan fingerprint density at radius 2 is 2.29 bits per heavy atom. The molecule has 0 atom stereocenters. The third-order valence-corrected chi connectivity index (χ3v) is 4.64. The lowest BCUT2D eigenvalue weighted by atomic mass is 10.0. The van der Waals surface area contributed by atoms with Gasteiger partial charge in [0.15, 0.2) is 0 Å². The molecule has 0 unspecified atom stereocenters. The van der Waals surface area contributed by atoms with Gasteiger partial charge in [0, 0.05) is 25.5 Å². The van der Waals surface area contributed by atoms with Crippen LogP contribution in [0, 0.1) is 0 Å². The lowest BCUT2D eigenvalue weighted by Gasteiger charge is -2.21. The van der Waals surface area contributed by atoms with Gasteiger partial charge in [-0.25, -0.2) is 4.39 Å². The number of ether oxygens (including phenoxy) is 1. The van der Waals surface area contributed by atoms with Crippen molar-refractivity contribution in [3.05, 3.63) is 77.9 Å². The van der Waals surface area contributed by atoms with Crippen LogP contribution < -0.4 is 20.9 Å². The molecule has 0 amide bonds. The minimum Gasteiger partial charge on any atom is -0.385 e. The molecule has 6 heteroatoms. The third kappa shape index (κ3) is 4.84. The number of hydrogen-bond donors (Lipinski definition) is 3. The number of nitrogens with one attached hydrogen (secondary N) is 3. The molecular weight excluding hydrogens is 355 g/mol. The number of rotatable bonds is 6. The van der Waals surface area contributed by atoms with E-state index in [4.69, 9.17) is 4.74 Å². The number of halogens is 1. The van der Waals surface area contributed by atoms with E-state index in [-0.39, 0.29) is 5.83 Å². The maximum atomic E-state index is 13.9. The normalized spacial score (nSPS) is 17.5. The average molecular weight is 382 g/mol. The first kappa shape index (κ1) is 19.8.